The van der Waals surface area contributed by atoms with Crippen LogP contribution in [0, 0.1) is 0 Å². The Labute approximate surface area is 296 Å². The molecule has 0 aromatic heterocycles. The highest BCUT2D eigenvalue weighted by molar-refractivity contribution is 7.92. The lowest BCUT2D eigenvalue weighted by Gasteiger charge is -2.10. The quantitative estimate of drug-likeness (QED) is 0.0988. The number of nitrogens with one attached hydrogen (secondary N) is 2. The Hall–Kier alpha value is -5.17. The average Bonchev–Trinajstić information content (AvgIpc) is 3.07. The van der Waals surface area contributed by atoms with Crippen LogP contribution in [0.25, 0.3) is 0 Å². The lowest BCUT2D eigenvalue weighted by molar-refractivity contribution is 0.0686. The molecule has 13 heteroatoms. The predicted octanol–water partition coefficient (Wildman–Crippen LogP) is 7.17. The highest BCUT2D eigenvalue weighted by Crippen LogP contribution is 2.20. The molecule has 0 saturated heterocycles. The molecule has 5 aromatic carbocycles. The smallest absolute Gasteiger partial charge is 0.335 e. The minimum Gasteiger partial charge on any atom is -0.478 e. The number of aryl methyl sites for hydroxylation is 4. The van der Waals surface area contributed by atoms with Gasteiger partial charge >= 0.3 is 11.9 Å². The van der Waals surface area contributed by atoms with Gasteiger partial charge < -0.3 is 10.2 Å². The number of carbonyl (C=O) groups is 2. The van der Waals surface area contributed by atoms with Gasteiger partial charge in [-0.25, -0.2) is 26.4 Å². The van der Waals surface area contributed by atoms with Crippen LogP contribution < -0.4 is 9.44 Å². The lowest BCUT2D eigenvalue weighted by Crippen LogP contribution is -2.13. The standard InChI is InChI=1S/C21H18ClNO4S.C16H17NO4S/c22-18-10-12-20(13-11-18)28(26,27)23-19-3-1-2-16(14-19)5-4-15-6-8-17(9-7-15)21(24)25;1-22(20,21)17-15-4-2-3-13(11-15)6-5-12-7-9-14(10-8-12)16(18)19/h1-3,6-14,23H,4-5H2,(H,24,25);2-4,7-11,17H,5-6H2,1H3,(H,18,19). The second-order valence-corrected chi connectivity index (χ2v) is 15.2. The Morgan fingerprint density at radius 3 is 1.36 bits per heavy atom. The Morgan fingerprint density at radius 1 is 0.560 bits per heavy atom. The largest absolute Gasteiger partial charge is 0.478 e. The molecule has 0 aliphatic heterocycles. The molecule has 0 fully saturated rings. The van der Waals surface area contributed by atoms with Crippen molar-refractivity contribution in [2.45, 2.75) is 30.6 Å². The number of aromatic carboxylic acids is 2. The summed E-state index contributed by atoms with van der Waals surface area (Å²) in [6, 6.07) is 33.9. The minimum absolute atomic E-state index is 0.140. The molecule has 0 radical (unpaired) electrons. The monoisotopic (exact) mass is 734 g/mol. The van der Waals surface area contributed by atoms with E-state index in [4.69, 9.17) is 21.8 Å². The van der Waals surface area contributed by atoms with Crippen LogP contribution in [0.1, 0.15) is 43.0 Å². The summed E-state index contributed by atoms with van der Waals surface area (Å²) in [7, 11) is -6.97. The van der Waals surface area contributed by atoms with Crippen molar-refractivity contribution >= 4 is 55.0 Å². The summed E-state index contributed by atoms with van der Waals surface area (Å²) in [5, 5.41) is 18.3. The molecule has 5 aromatic rings. The number of rotatable bonds is 13. The van der Waals surface area contributed by atoms with E-state index in [1.54, 1.807) is 84.9 Å². The first kappa shape index (κ1) is 37.6. The van der Waals surface area contributed by atoms with Crippen LogP contribution in [0.3, 0.4) is 0 Å². The molecule has 0 saturated carbocycles. The van der Waals surface area contributed by atoms with Crippen molar-refractivity contribution in [3.63, 3.8) is 0 Å². The zero-order valence-electron chi connectivity index (χ0n) is 26.9. The van der Waals surface area contributed by atoms with E-state index in [1.807, 2.05) is 12.1 Å². The molecule has 0 aliphatic carbocycles. The SMILES string of the molecule is CS(=O)(=O)Nc1cccc(CCc2ccc(C(=O)O)cc2)c1.O=C(O)c1ccc(CCc2cccc(NS(=O)(=O)c3ccc(Cl)cc3)c2)cc1. The summed E-state index contributed by atoms with van der Waals surface area (Å²) in [6.07, 6.45) is 4.02. The van der Waals surface area contributed by atoms with Gasteiger partial charge in [-0.3, -0.25) is 9.44 Å². The third-order valence-electron chi connectivity index (χ3n) is 7.34. The number of anilines is 2. The van der Waals surface area contributed by atoms with Gasteiger partial charge in [-0.05, 0) is 121 Å². The second kappa shape index (κ2) is 17.0. The Bertz CT molecular complexity index is 2160. The van der Waals surface area contributed by atoms with Crippen molar-refractivity contribution < 1.29 is 36.6 Å². The molecule has 0 bridgehead atoms. The third-order valence-corrected chi connectivity index (χ3v) is 9.60. The van der Waals surface area contributed by atoms with Crippen molar-refractivity contribution in [2.75, 3.05) is 15.7 Å². The summed E-state index contributed by atoms with van der Waals surface area (Å²) in [6.45, 7) is 0. The van der Waals surface area contributed by atoms with Gasteiger partial charge in [-0.15, -0.1) is 0 Å². The maximum atomic E-state index is 12.5. The maximum Gasteiger partial charge on any atom is 0.335 e. The molecular formula is C37H35ClN2O8S2. The van der Waals surface area contributed by atoms with E-state index >= 15 is 0 Å². The molecular weight excluding hydrogens is 700 g/mol. The van der Waals surface area contributed by atoms with E-state index in [-0.39, 0.29) is 16.0 Å². The lowest BCUT2D eigenvalue weighted by atomic mass is 10.0. The van der Waals surface area contributed by atoms with Crippen LogP contribution >= 0.6 is 11.6 Å². The Balaban J connectivity index is 0.000000232. The van der Waals surface area contributed by atoms with Gasteiger partial charge in [0.15, 0.2) is 0 Å². The molecule has 260 valence electrons. The number of hydrogen-bond acceptors (Lipinski definition) is 6. The topological polar surface area (TPSA) is 167 Å². The normalized spacial score (nSPS) is 11.2. The molecule has 0 heterocycles. The van der Waals surface area contributed by atoms with Crippen molar-refractivity contribution in [2.24, 2.45) is 0 Å². The fourth-order valence-corrected chi connectivity index (χ4v) is 6.56. The van der Waals surface area contributed by atoms with Gasteiger partial charge in [0.2, 0.25) is 10.0 Å². The van der Waals surface area contributed by atoms with Crippen molar-refractivity contribution in [1.82, 2.24) is 0 Å². The molecule has 0 aliphatic rings. The molecule has 0 spiro atoms. The minimum atomic E-state index is -3.69. The van der Waals surface area contributed by atoms with Crippen LogP contribution in [-0.2, 0) is 45.7 Å². The fraction of sp³-hybridized carbons (Fsp3) is 0.135. The van der Waals surface area contributed by atoms with Gasteiger partial charge in [0.25, 0.3) is 10.0 Å². The van der Waals surface area contributed by atoms with Gasteiger partial charge in [0, 0.05) is 16.4 Å². The highest BCUT2D eigenvalue weighted by Gasteiger charge is 2.14. The van der Waals surface area contributed by atoms with Gasteiger partial charge in [0.05, 0.1) is 22.3 Å². The molecule has 0 atom stereocenters. The van der Waals surface area contributed by atoms with E-state index in [0.29, 0.717) is 29.2 Å². The summed E-state index contributed by atoms with van der Waals surface area (Å²) in [4.78, 5) is 21.8. The Morgan fingerprint density at radius 2 is 0.960 bits per heavy atom. The molecule has 0 unspecified atom stereocenters. The Kier molecular flexibility index (Phi) is 12.8. The number of benzene rings is 5. The van der Waals surface area contributed by atoms with Crippen LogP contribution in [0.4, 0.5) is 11.4 Å². The third kappa shape index (κ3) is 12.1. The highest BCUT2D eigenvalue weighted by atomic mass is 35.5. The molecule has 50 heavy (non-hydrogen) atoms. The van der Waals surface area contributed by atoms with E-state index < -0.39 is 32.0 Å². The molecule has 4 N–H and O–H groups in total. The maximum absolute atomic E-state index is 12.5. The average molecular weight is 735 g/mol. The number of hydrogen-bond donors (Lipinski definition) is 4. The molecule has 0 amide bonds. The van der Waals surface area contributed by atoms with E-state index in [1.165, 1.54) is 24.3 Å². The van der Waals surface area contributed by atoms with Gasteiger partial charge in [-0.2, -0.15) is 0 Å². The summed E-state index contributed by atoms with van der Waals surface area (Å²) >= 11 is 5.81. The summed E-state index contributed by atoms with van der Waals surface area (Å²) in [5.41, 5.74) is 5.57. The first-order valence-electron chi connectivity index (χ1n) is 15.3. The first-order chi connectivity index (χ1) is 23.7. The van der Waals surface area contributed by atoms with E-state index in [2.05, 4.69) is 9.44 Å². The molecule has 10 nitrogen and oxygen atoms in total. The zero-order valence-corrected chi connectivity index (χ0v) is 29.3. The van der Waals surface area contributed by atoms with Crippen molar-refractivity contribution in [1.29, 1.82) is 0 Å². The van der Waals surface area contributed by atoms with Gasteiger partial charge in [-0.1, -0.05) is 60.1 Å². The fourth-order valence-electron chi connectivity index (χ4n) is 4.83. The molecule has 5 rings (SSSR count). The van der Waals surface area contributed by atoms with Crippen molar-refractivity contribution in [3.8, 4) is 0 Å². The zero-order chi connectivity index (χ0) is 36.3. The van der Waals surface area contributed by atoms with E-state index in [9.17, 15) is 26.4 Å². The summed E-state index contributed by atoms with van der Waals surface area (Å²) < 4.78 is 52.4. The second-order valence-electron chi connectivity index (χ2n) is 11.3. The van der Waals surface area contributed by atoms with Crippen LogP contribution in [0.5, 0.6) is 0 Å². The number of carboxylic acids is 2. The van der Waals surface area contributed by atoms with Crippen LogP contribution in [0.2, 0.25) is 5.02 Å². The van der Waals surface area contributed by atoms with Crippen LogP contribution in [0.15, 0.2) is 126 Å². The number of carboxylic acid groups (broad SMARTS) is 2. The first-order valence-corrected chi connectivity index (χ1v) is 19.0. The van der Waals surface area contributed by atoms with E-state index in [0.717, 1.165) is 41.4 Å². The van der Waals surface area contributed by atoms with Crippen molar-refractivity contribution in [3.05, 3.63) is 160 Å². The number of sulfonamides is 2. The van der Waals surface area contributed by atoms with Crippen LogP contribution in [-0.4, -0.2) is 45.2 Å². The number of halogens is 1. The van der Waals surface area contributed by atoms with Gasteiger partial charge in [0.1, 0.15) is 0 Å². The summed E-state index contributed by atoms with van der Waals surface area (Å²) in [5.74, 6) is -1.89. The predicted molar refractivity (Wildman–Crippen MR) is 195 cm³/mol.